The predicted molar refractivity (Wildman–Crippen MR) is 54.9 cm³/mol. The van der Waals surface area contributed by atoms with Crippen molar-refractivity contribution in [3.05, 3.63) is 34.4 Å². The van der Waals surface area contributed by atoms with Gasteiger partial charge in [-0.25, -0.2) is 0 Å². The van der Waals surface area contributed by atoms with Crippen LogP contribution in [0.4, 0.5) is 5.69 Å². The SMILES string of the molecule is CC[C@H](O)COc1ccc([N+](=O)[O-])cc1. The molecule has 0 fully saturated rings. The maximum absolute atomic E-state index is 10.3. The second-order valence-electron chi connectivity index (χ2n) is 3.12. The van der Waals surface area contributed by atoms with Crippen molar-refractivity contribution in [1.29, 1.82) is 0 Å². The highest BCUT2D eigenvalue weighted by molar-refractivity contribution is 5.35. The Morgan fingerprint density at radius 1 is 1.47 bits per heavy atom. The Morgan fingerprint density at radius 3 is 2.53 bits per heavy atom. The fourth-order valence-corrected chi connectivity index (χ4v) is 0.974. The van der Waals surface area contributed by atoms with Gasteiger partial charge >= 0.3 is 0 Å². The highest BCUT2D eigenvalue weighted by atomic mass is 16.6. The number of nitro groups is 1. The number of aliphatic hydroxyl groups excluding tert-OH is 1. The molecular weight excluding hydrogens is 198 g/mol. The molecule has 0 heterocycles. The summed E-state index contributed by atoms with van der Waals surface area (Å²) in [7, 11) is 0. The largest absolute Gasteiger partial charge is 0.491 e. The molecule has 0 spiro atoms. The number of hydrogen-bond acceptors (Lipinski definition) is 4. The zero-order valence-corrected chi connectivity index (χ0v) is 8.42. The van der Waals surface area contributed by atoms with Gasteiger partial charge in [0.05, 0.1) is 11.0 Å². The second-order valence-corrected chi connectivity index (χ2v) is 3.12. The summed E-state index contributed by atoms with van der Waals surface area (Å²) in [5.74, 6) is 0.521. The molecule has 0 aliphatic rings. The molecule has 0 amide bonds. The van der Waals surface area contributed by atoms with Gasteiger partial charge in [-0.1, -0.05) is 6.92 Å². The Morgan fingerprint density at radius 2 is 2.07 bits per heavy atom. The van der Waals surface area contributed by atoms with Crippen molar-refractivity contribution in [3.63, 3.8) is 0 Å². The number of hydrogen-bond donors (Lipinski definition) is 1. The topological polar surface area (TPSA) is 72.6 Å². The van der Waals surface area contributed by atoms with E-state index in [9.17, 15) is 15.2 Å². The van der Waals surface area contributed by atoms with Gasteiger partial charge in [-0.2, -0.15) is 0 Å². The van der Waals surface area contributed by atoms with Crippen LogP contribution in [-0.2, 0) is 0 Å². The number of aliphatic hydroxyl groups is 1. The van der Waals surface area contributed by atoms with Gasteiger partial charge in [0, 0.05) is 12.1 Å². The number of non-ortho nitro benzene ring substituents is 1. The van der Waals surface area contributed by atoms with E-state index in [1.54, 1.807) is 0 Å². The number of benzene rings is 1. The van der Waals surface area contributed by atoms with Crippen molar-refractivity contribution in [2.75, 3.05) is 6.61 Å². The van der Waals surface area contributed by atoms with Gasteiger partial charge < -0.3 is 9.84 Å². The van der Waals surface area contributed by atoms with E-state index >= 15 is 0 Å². The quantitative estimate of drug-likeness (QED) is 0.594. The average Bonchev–Trinajstić information content (AvgIpc) is 2.26. The molecule has 0 aliphatic heterocycles. The summed E-state index contributed by atoms with van der Waals surface area (Å²) in [6.07, 6.45) is 0.118. The molecule has 5 nitrogen and oxygen atoms in total. The van der Waals surface area contributed by atoms with Crippen molar-refractivity contribution < 1.29 is 14.8 Å². The van der Waals surface area contributed by atoms with Gasteiger partial charge in [-0.15, -0.1) is 0 Å². The van der Waals surface area contributed by atoms with Crippen molar-refractivity contribution in [1.82, 2.24) is 0 Å². The minimum absolute atomic E-state index is 0.0263. The molecule has 82 valence electrons. The van der Waals surface area contributed by atoms with Crippen LogP contribution >= 0.6 is 0 Å². The van der Waals surface area contributed by atoms with Gasteiger partial charge in [0.2, 0.25) is 0 Å². The third-order valence-electron chi connectivity index (χ3n) is 1.96. The molecule has 0 saturated carbocycles. The molecule has 0 radical (unpaired) electrons. The third-order valence-corrected chi connectivity index (χ3v) is 1.96. The summed E-state index contributed by atoms with van der Waals surface area (Å²) in [5, 5.41) is 19.6. The third kappa shape index (κ3) is 3.55. The second kappa shape index (κ2) is 5.31. The fourth-order valence-electron chi connectivity index (χ4n) is 0.974. The van der Waals surface area contributed by atoms with E-state index in [1.807, 2.05) is 6.92 Å². The molecule has 1 aromatic rings. The maximum atomic E-state index is 10.3. The number of rotatable bonds is 5. The zero-order chi connectivity index (χ0) is 11.3. The Labute approximate surface area is 87.5 Å². The first kappa shape index (κ1) is 11.5. The van der Waals surface area contributed by atoms with Crippen LogP contribution in [0, 0.1) is 10.1 Å². The van der Waals surface area contributed by atoms with E-state index in [2.05, 4.69) is 0 Å². The molecule has 0 unspecified atom stereocenters. The average molecular weight is 211 g/mol. The summed E-state index contributed by atoms with van der Waals surface area (Å²) in [6, 6.07) is 5.77. The van der Waals surface area contributed by atoms with E-state index in [-0.39, 0.29) is 12.3 Å². The minimum atomic E-state index is -0.500. The minimum Gasteiger partial charge on any atom is -0.491 e. The number of nitro benzene ring substituents is 1. The van der Waals surface area contributed by atoms with Gasteiger partial charge in [-0.3, -0.25) is 10.1 Å². The summed E-state index contributed by atoms with van der Waals surface area (Å²) in [4.78, 5) is 9.88. The molecule has 1 rings (SSSR count). The summed E-state index contributed by atoms with van der Waals surface area (Å²) in [5.41, 5.74) is 0.0263. The number of nitrogens with zero attached hydrogens (tertiary/aromatic N) is 1. The normalized spacial score (nSPS) is 12.1. The van der Waals surface area contributed by atoms with E-state index in [4.69, 9.17) is 4.74 Å². The van der Waals surface area contributed by atoms with E-state index in [0.717, 1.165) is 0 Å². The Bertz CT molecular complexity index is 323. The molecule has 5 heteroatoms. The van der Waals surface area contributed by atoms with Crippen LogP contribution in [0.5, 0.6) is 5.75 Å². The van der Waals surface area contributed by atoms with E-state index in [0.29, 0.717) is 12.2 Å². The summed E-state index contributed by atoms with van der Waals surface area (Å²) >= 11 is 0. The van der Waals surface area contributed by atoms with Gasteiger partial charge in [0.25, 0.3) is 5.69 Å². The molecule has 0 aromatic heterocycles. The lowest BCUT2D eigenvalue weighted by Gasteiger charge is -2.09. The van der Waals surface area contributed by atoms with Crippen LogP contribution in [0.3, 0.4) is 0 Å². The first-order valence-corrected chi connectivity index (χ1v) is 4.68. The first-order valence-electron chi connectivity index (χ1n) is 4.68. The van der Waals surface area contributed by atoms with Crippen molar-refractivity contribution >= 4 is 5.69 Å². The summed E-state index contributed by atoms with van der Waals surface area (Å²) in [6.45, 7) is 2.05. The number of ether oxygens (including phenoxy) is 1. The standard InChI is InChI=1S/C10H13NO4/c1-2-9(12)7-15-10-5-3-8(4-6-10)11(13)14/h3-6,9,12H,2,7H2,1H3/t9-/m0/s1. The first-order chi connectivity index (χ1) is 7.13. The molecule has 1 N–H and O–H groups in total. The molecule has 15 heavy (non-hydrogen) atoms. The lowest BCUT2D eigenvalue weighted by atomic mass is 10.3. The Kier molecular flexibility index (Phi) is 4.05. The highest BCUT2D eigenvalue weighted by Crippen LogP contribution is 2.17. The van der Waals surface area contributed by atoms with Gasteiger partial charge in [-0.05, 0) is 18.6 Å². The van der Waals surface area contributed by atoms with Crippen molar-refractivity contribution in [3.8, 4) is 5.75 Å². The Balaban J connectivity index is 2.53. The van der Waals surface area contributed by atoms with E-state index in [1.165, 1.54) is 24.3 Å². The maximum Gasteiger partial charge on any atom is 0.269 e. The zero-order valence-electron chi connectivity index (χ0n) is 8.42. The van der Waals surface area contributed by atoms with Crippen LogP contribution in [0.25, 0.3) is 0 Å². The molecule has 1 aromatic carbocycles. The van der Waals surface area contributed by atoms with Crippen LogP contribution < -0.4 is 4.74 Å². The van der Waals surface area contributed by atoms with Crippen LogP contribution in [0.15, 0.2) is 24.3 Å². The highest BCUT2D eigenvalue weighted by Gasteiger charge is 2.05. The van der Waals surface area contributed by atoms with Crippen LogP contribution in [-0.4, -0.2) is 22.7 Å². The summed E-state index contributed by atoms with van der Waals surface area (Å²) < 4.78 is 5.22. The van der Waals surface area contributed by atoms with Crippen LogP contribution in [0.2, 0.25) is 0 Å². The lowest BCUT2D eigenvalue weighted by Crippen LogP contribution is -2.15. The molecule has 0 aliphatic carbocycles. The predicted octanol–water partition coefficient (Wildman–Crippen LogP) is 1.74. The lowest BCUT2D eigenvalue weighted by molar-refractivity contribution is -0.384. The van der Waals surface area contributed by atoms with Gasteiger partial charge in [0.1, 0.15) is 12.4 Å². The monoisotopic (exact) mass is 211 g/mol. The van der Waals surface area contributed by atoms with Crippen molar-refractivity contribution in [2.45, 2.75) is 19.4 Å². The molecule has 0 bridgehead atoms. The Hall–Kier alpha value is -1.62. The van der Waals surface area contributed by atoms with E-state index < -0.39 is 11.0 Å². The molecule has 1 atom stereocenters. The molecular formula is C10H13NO4. The fraction of sp³-hybridized carbons (Fsp3) is 0.400. The van der Waals surface area contributed by atoms with Crippen LogP contribution in [0.1, 0.15) is 13.3 Å². The smallest absolute Gasteiger partial charge is 0.269 e. The van der Waals surface area contributed by atoms with Gasteiger partial charge in [0.15, 0.2) is 0 Å². The van der Waals surface area contributed by atoms with Crippen molar-refractivity contribution in [2.24, 2.45) is 0 Å². The molecule has 0 saturated heterocycles.